The van der Waals surface area contributed by atoms with Gasteiger partial charge in [0.05, 0.1) is 0 Å². The molecule has 0 heterocycles. The zero-order chi connectivity index (χ0) is 9.68. The summed E-state index contributed by atoms with van der Waals surface area (Å²) in [5, 5.41) is 3.53. The van der Waals surface area contributed by atoms with Crippen LogP contribution < -0.4 is 5.32 Å². The Hall–Kier alpha value is 0.250. The molecule has 1 rings (SSSR count). The van der Waals surface area contributed by atoms with Crippen LogP contribution in [-0.2, 0) is 0 Å². The Kier molecular flexibility index (Phi) is 5.12. The van der Waals surface area contributed by atoms with Gasteiger partial charge in [0.1, 0.15) is 0 Å². The highest BCUT2D eigenvalue weighted by atomic mass is 35.5. The normalized spacial score (nSPS) is 28.6. The van der Waals surface area contributed by atoms with Crippen LogP contribution >= 0.6 is 11.6 Å². The molecule has 0 aromatic carbocycles. The van der Waals surface area contributed by atoms with Crippen LogP contribution in [-0.4, -0.2) is 19.0 Å². The molecule has 0 aliphatic heterocycles. The Balaban J connectivity index is 2.13. The van der Waals surface area contributed by atoms with Gasteiger partial charge in [0.2, 0.25) is 0 Å². The molecule has 0 bridgehead atoms. The molecule has 2 heteroatoms. The predicted octanol–water partition coefficient (Wildman–Crippen LogP) is 2.89. The van der Waals surface area contributed by atoms with E-state index in [9.17, 15) is 0 Å². The van der Waals surface area contributed by atoms with Crippen molar-refractivity contribution in [3.05, 3.63) is 0 Å². The number of hydrogen-bond donors (Lipinski definition) is 1. The lowest BCUT2D eigenvalue weighted by atomic mass is 9.98. The molecule has 1 aliphatic carbocycles. The van der Waals surface area contributed by atoms with Gasteiger partial charge in [0.15, 0.2) is 0 Å². The Bertz CT molecular complexity index is 136. The van der Waals surface area contributed by atoms with E-state index in [1.807, 2.05) is 0 Å². The first kappa shape index (κ1) is 11.3. The number of halogens is 1. The average molecular weight is 204 g/mol. The summed E-state index contributed by atoms with van der Waals surface area (Å²) in [6.45, 7) is 6.82. The van der Waals surface area contributed by atoms with Gasteiger partial charge in [0, 0.05) is 5.88 Å². The topological polar surface area (TPSA) is 12.0 Å². The van der Waals surface area contributed by atoms with Gasteiger partial charge in [-0.2, -0.15) is 0 Å². The van der Waals surface area contributed by atoms with Gasteiger partial charge in [-0.3, -0.25) is 0 Å². The molecule has 1 nitrogen and oxygen atoms in total. The highest BCUT2D eigenvalue weighted by Crippen LogP contribution is 2.31. The van der Waals surface area contributed by atoms with E-state index in [1.165, 1.54) is 25.8 Å². The van der Waals surface area contributed by atoms with E-state index in [2.05, 4.69) is 19.2 Å². The number of nitrogens with one attached hydrogen (secondary N) is 1. The summed E-state index contributed by atoms with van der Waals surface area (Å²) in [6.07, 6.45) is 4.10. The van der Waals surface area contributed by atoms with Crippen molar-refractivity contribution in [2.24, 2.45) is 17.8 Å². The van der Waals surface area contributed by atoms with Crippen LogP contribution in [0.2, 0.25) is 0 Å². The van der Waals surface area contributed by atoms with Gasteiger partial charge >= 0.3 is 0 Å². The van der Waals surface area contributed by atoms with Crippen molar-refractivity contribution in [3.63, 3.8) is 0 Å². The van der Waals surface area contributed by atoms with Gasteiger partial charge in [-0.15, -0.1) is 11.6 Å². The molecule has 13 heavy (non-hydrogen) atoms. The van der Waals surface area contributed by atoms with Crippen molar-refractivity contribution in [2.45, 2.75) is 33.1 Å². The second kappa shape index (κ2) is 5.87. The highest BCUT2D eigenvalue weighted by molar-refractivity contribution is 6.18. The van der Waals surface area contributed by atoms with Crippen LogP contribution in [0.1, 0.15) is 33.1 Å². The molecule has 0 amide bonds. The summed E-state index contributed by atoms with van der Waals surface area (Å²) in [4.78, 5) is 0. The lowest BCUT2D eigenvalue weighted by molar-refractivity contribution is 0.385. The molecule has 0 saturated heterocycles. The molecule has 2 unspecified atom stereocenters. The molecule has 2 atom stereocenters. The number of alkyl halides is 1. The van der Waals surface area contributed by atoms with Crippen LogP contribution in [0.4, 0.5) is 0 Å². The van der Waals surface area contributed by atoms with E-state index in [0.29, 0.717) is 0 Å². The molecule has 1 N–H and O–H groups in total. The molecular weight excluding hydrogens is 182 g/mol. The lowest BCUT2D eigenvalue weighted by Gasteiger charge is -2.18. The van der Waals surface area contributed by atoms with Crippen molar-refractivity contribution in [1.82, 2.24) is 5.32 Å². The maximum absolute atomic E-state index is 5.92. The third-order valence-corrected chi connectivity index (χ3v) is 3.37. The molecule has 0 spiro atoms. The van der Waals surface area contributed by atoms with Gasteiger partial charge in [0.25, 0.3) is 0 Å². The van der Waals surface area contributed by atoms with Crippen molar-refractivity contribution < 1.29 is 0 Å². The first-order valence-corrected chi connectivity index (χ1v) is 6.04. The molecule has 1 aliphatic rings. The van der Waals surface area contributed by atoms with Crippen molar-refractivity contribution in [3.8, 4) is 0 Å². The highest BCUT2D eigenvalue weighted by Gasteiger charge is 2.25. The summed E-state index contributed by atoms with van der Waals surface area (Å²) in [5.41, 5.74) is 0. The van der Waals surface area contributed by atoms with Crippen LogP contribution in [0, 0.1) is 17.8 Å². The van der Waals surface area contributed by atoms with Crippen LogP contribution in [0.3, 0.4) is 0 Å². The van der Waals surface area contributed by atoms with E-state index in [1.54, 1.807) is 0 Å². The van der Waals surface area contributed by atoms with Gasteiger partial charge in [-0.1, -0.05) is 20.3 Å². The Labute approximate surface area is 87.2 Å². The standard InChI is InChI=1S/C11H22ClN/c1-9(2)7-13-8-11-5-3-4-10(11)6-12/h9-11,13H,3-8H2,1-2H3. The predicted molar refractivity (Wildman–Crippen MR) is 59.3 cm³/mol. The third kappa shape index (κ3) is 3.86. The fraction of sp³-hybridized carbons (Fsp3) is 1.00. The fourth-order valence-electron chi connectivity index (χ4n) is 2.14. The third-order valence-electron chi connectivity index (χ3n) is 2.97. The second-order valence-corrected chi connectivity index (χ2v) is 4.97. The summed E-state index contributed by atoms with van der Waals surface area (Å²) >= 11 is 5.92. The molecule has 0 radical (unpaired) electrons. The van der Waals surface area contributed by atoms with E-state index >= 15 is 0 Å². The smallest absolute Gasteiger partial charge is 0.0254 e. The molecule has 0 aromatic rings. The maximum atomic E-state index is 5.92. The monoisotopic (exact) mass is 203 g/mol. The Morgan fingerprint density at radius 2 is 2.00 bits per heavy atom. The van der Waals surface area contributed by atoms with E-state index in [0.717, 1.165) is 30.2 Å². The fourth-order valence-corrected chi connectivity index (χ4v) is 2.55. The summed E-state index contributed by atoms with van der Waals surface area (Å²) < 4.78 is 0. The summed E-state index contributed by atoms with van der Waals surface area (Å²) in [7, 11) is 0. The first-order chi connectivity index (χ1) is 6.24. The van der Waals surface area contributed by atoms with Crippen LogP contribution in [0.25, 0.3) is 0 Å². The van der Waals surface area contributed by atoms with Gasteiger partial charge in [-0.25, -0.2) is 0 Å². The van der Waals surface area contributed by atoms with Crippen molar-refractivity contribution in [1.29, 1.82) is 0 Å². The van der Waals surface area contributed by atoms with Crippen molar-refractivity contribution in [2.75, 3.05) is 19.0 Å². The zero-order valence-corrected chi connectivity index (χ0v) is 9.61. The molecule has 0 aromatic heterocycles. The van der Waals surface area contributed by atoms with E-state index in [4.69, 9.17) is 11.6 Å². The van der Waals surface area contributed by atoms with E-state index < -0.39 is 0 Å². The van der Waals surface area contributed by atoms with Gasteiger partial charge < -0.3 is 5.32 Å². The lowest BCUT2D eigenvalue weighted by Crippen LogP contribution is -2.28. The Morgan fingerprint density at radius 3 is 2.62 bits per heavy atom. The second-order valence-electron chi connectivity index (χ2n) is 4.66. The molecular formula is C11H22ClN. The van der Waals surface area contributed by atoms with Crippen LogP contribution in [0.15, 0.2) is 0 Å². The minimum atomic E-state index is 0.760. The number of hydrogen-bond acceptors (Lipinski definition) is 1. The van der Waals surface area contributed by atoms with E-state index in [-0.39, 0.29) is 0 Å². The van der Waals surface area contributed by atoms with Crippen molar-refractivity contribution >= 4 is 11.6 Å². The number of rotatable bonds is 5. The minimum Gasteiger partial charge on any atom is -0.316 e. The molecule has 78 valence electrons. The molecule has 1 fully saturated rings. The first-order valence-electron chi connectivity index (χ1n) is 5.50. The summed E-state index contributed by atoms with van der Waals surface area (Å²) in [6, 6.07) is 0. The SMILES string of the molecule is CC(C)CNCC1CCCC1CCl. The minimum absolute atomic E-state index is 0.760. The Morgan fingerprint density at radius 1 is 1.31 bits per heavy atom. The maximum Gasteiger partial charge on any atom is 0.0254 e. The van der Waals surface area contributed by atoms with Gasteiger partial charge in [-0.05, 0) is 43.7 Å². The average Bonchev–Trinajstić information content (AvgIpc) is 2.51. The quantitative estimate of drug-likeness (QED) is 0.678. The van der Waals surface area contributed by atoms with Crippen LogP contribution in [0.5, 0.6) is 0 Å². The molecule has 1 saturated carbocycles. The summed E-state index contributed by atoms with van der Waals surface area (Å²) in [5.74, 6) is 3.24. The largest absolute Gasteiger partial charge is 0.316 e. The zero-order valence-electron chi connectivity index (χ0n) is 8.85.